The first kappa shape index (κ1) is 15.6. The zero-order valence-corrected chi connectivity index (χ0v) is 13.9. The third-order valence-corrected chi connectivity index (χ3v) is 6.64. The molecule has 19 heavy (non-hydrogen) atoms. The van der Waals surface area contributed by atoms with Crippen molar-refractivity contribution in [1.82, 2.24) is 9.80 Å². The van der Waals surface area contributed by atoms with Gasteiger partial charge in [-0.2, -0.15) is 11.8 Å². The molecule has 2 heterocycles. The van der Waals surface area contributed by atoms with Crippen molar-refractivity contribution in [2.45, 2.75) is 44.7 Å². The number of thioether (sulfide) groups is 1. The lowest BCUT2D eigenvalue weighted by molar-refractivity contribution is 0.0303. The normalized spacial score (nSPS) is 33.8. The van der Waals surface area contributed by atoms with E-state index in [0.29, 0.717) is 5.41 Å². The summed E-state index contributed by atoms with van der Waals surface area (Å²) >= 11 is 2.10. The fourth-order valence-corrected chi connectivity index (χ4v) is 5.37. The van der Waals surface area contributed by atoms with E-state index < -0.39 is 0 Å². The van der Waals surface area contributed by atoms with Crippen LogP contribution in [0.25, 0.3) is 0 Å². The molecule has 1 atom stereocenters. The summed E-state index contributed by atoms with van der Waals surface area (Å²) in [5.74, 6) is 2.50. The lowest BCUT2D eigenvalue weighted by atomic mass is 9.78. The van der Waals surface area contributed by atoms with Gasteiger partial charge < -0.3 is 10.6 Å². The molecule has 0 spiro atoms. The van der Waals surface area contributed by atoms with Crippen LogP contribution in [0.15, 0.2) is 0 Å². The monoisotopic (exact) mass is 285 g/mol. The average Bonchev–Trinajstić information content (AvgIpc) is 2.37. The molecular formula is C15H31N3S. The van der Waals surface area contributed by atoms with Gasteiger partial charge in [0, 0.05) is 37.0 Å². The molecule has 1 unspecified atom stereocenters. The minimum absolute atomic E-state index is 0.254. The average molecular weight is 286 g/mol. The van der Waals surface area contributed by atoms with Crippen LogP contribution in [-0.4, -0.2) is 66.6 Å². The van der Waals surface area contributed by atoms with E-state index >= 15 is 0 Å². The Morgan fingerprint density at radius 3 is 2.32 bits per heavy atom. The van der Waals surface area contributed by atoms with E-state index in [1.807, 2.05) is 0 Å². The summed E-state index contributed by atoms with van der Waals surface area (Å²) in [5.41, 5.74) is 6.90. The van der Waals surface area contributed by atoms with Crippen molar-refractivity contribution in [2.75, 3.05) is 45.2 Å². The fraction of sp³-hybridized carbons (Fsp3) is 1.00. The van der Waals surface area contributed by atoms with Crippen LogP contribution in [0, 0.1) is 5.41 Å². The number of hydrogen-bond donors (Lipinski definition) is 1. The van der Waals surface area contributed by atoms with E-state index in [1.165, 1.54) is 43.9 Å². The molecule has 0 saturated carbocycles. The Hall–Kier alpha value is 0.230. The van der Waals surface area contributed by atoms with E-state index in [1.54, 1.807) is 0 Å². The molecule has 3 nitrogen and oxygen atoms in total. The summed E-state index contributed by atoms with van der Waals surface area (Å²) < 4.78 is 0. The Morgan fingerprint density at radius 2 is 1.84 bits per heavy atom. The number of piperidine rings is 1. The highest BCUT2D eigenvalue weighted by Crippen LogP contribution is 2.42. The van der Waals surface area contributed by atoms with Gasteiger partial charge in [-0.15, -0.1) is 0 Å². The molecule has 2 aliphatic heterocycles. The highest BCUT2D eigenvalue weighted by Gasteiger charge is 2.44. The van der Waals surface area contributed by atoms with Crippen LogP contribution in [0.4, 0.5) is 0 Å². The Morgan fingerprint density at radius 1 is 1.21 bits per heavy atom. The summed E-state index contributed by atoms with van der Waals surface area (Å²) in [6.45, 7) is 8.05. The number of hydrogen-bond acceptors (Lipinski definition) is 4. The summed E-state index contributed by atoms with van der Waals surface area (Å²) in [5, 5.41) is 0. The zero-order valence-electron chi connectivity index (χ0n) is 13.1. The van der Waals surface area contributed by atoms with Crippen molar-refractivity contribution in [3.8, 4) is 0 Å². The molecule has 0 aromatic heterocycles. The second-order valence-electron chi connectivity index (χ2n) is 7.44. The molecule has 4 heteroatoms. The lowest BCUT2D eigenvalue weighted by Crippen LogP contribution is -2.62. The van der Waals surface area contributed by atoms with Gasteiger partial charge in [-0.25, -0.2) is 0 Å². The van der Waals surface area contributed by atoms with Gasteiger partial charge in [0.15, 0.2) is 0 Å². The molecule has 0 radical (unpaired) electrons. The van der Waals surface area contributed by atoms with Crippen LogP contribution < -0.4 is 5.73 Å². The number of nitrogens with zero attached hydrogens (tertiary/aromatic N) is 2. The maximum absolute atomic E-state index is 6.22. The molecule has 2 saturated heterocycles. The van der Waals surface area contributed by atoms with Gasteiger partial charge in [-0.3, -0.25) is 4.90 Å². The molecule has 2 fully saturated rings. The van der Waals surface area contributed by atoms with Gasteiger partial charge in [0.2, 0.25) is 0 Å². The summed E-state index contributed by atoms with van der Waals surface area (Å²) in [6.07, 6.45) is 3.84. The van der Waals surface area contributed by atoms with Crippen molar-refractivity contribution < 1.29 is 0 Å². The topological polar surface area (TPSA) is 32.5 Å². The van der Waals surface area contributed by atoms with Gasteiger partial charge in [0.1, 0.15) is 0 Å². The van der Waals surface area contributed by atoms with Gasteiger partial charge in [0.05, 0.1) is 0 Å². The number of nitrogens with two attached hydrogens (primary N) is 1. The maximum Gasteiger partial charge on any atom is 0.0427 e. The number of rotatable bonds is 3. The maximum atomic E-state index is 6.22. The first-order valence-electron chi connectivity index (χ1n) is 7.58. The lowest BCUT2D eigenvalue weighted by Gasteiger charge is -2.52. The summed E-state index contributed by atoms with van der Waals surface area (Å²) in [6, 6.07) is 0.760. The Bertz CT molecular complexity index is 298. The molecular weight excluding hydrogens is 254 g/mol. The molecule has 0 bridgehead atoms. The standard InChI is InChI=1S/C15H31N3S/c1-14(2)9-15(10-16,12-19-11-14)18-7-5-13(6-8-18)17(3)4/h13H,5-12,16H2,1-4H3. The molecule has 2 rings (SSSR count). The van der Waals surface area contributed by atoms with Crippen LogP contribution in [0.3, 0.4) is 0 Å². The van der Waals surface area contributed by atoms with Crippen molar-refractivity contribution in [2.24, 2.45) is 11.1 Å². The van der Waals surface area contributed by atoms with Gasteiger partial charge in [0.25, 0.3) is 0 Å². The van der Waals surface area contributed by atoms with E-state index in [0.717, 1.165) is 12.6 Å². The first-order chi connectivity index (χ1) is 8.88. The molecule has 0 aromatic rings. The van der Waals surface area contributed by atoms with Crippen molar-refractivity contribution >= 4 is 11.8 Å². The third-order valence-electron chi connectivity index (χ3n) is 4.92. The van der Waals surface area contributed by atoms with Crippen LogP contribution in [-0.2, 0) is 0 Å². The summed E-state index contributed by atoms with van der Waals surface area (Å²) in [4.78, 5) is 5.09. The van der Waals surface area contributed by atoms with E-state index in [9.17, 15) is 0 Å². The predicted octanol–water partition coefficient (Wildman–Crippen LogP) is 1.87. The summed E-state index contributed by atoms with van der Waals surface area (Å²) in [7, 11) is 4.41. The molecule has 2 aliphatic rings. The number of likely N-dealkylation sites (tertiary alicyclic amines) is 1. The second-order valence-corrected chi connectivity index (χ2v) is 8.43. The van der Waals surface area contributed by atoms with Crippen molar-refractivity contribution in [1.29, 1.82) is 0 Å². The largest absolute Gasteiger partial charge is 0.329 e. The first-order valence-corrected chi connectivity index (χ1v) is 8.73. The Kier molecular flexibility index (Phi) is 4.87. The SMILES string of the molecule is CN(C)C1CCN(C2(CN)CSCC(C)(C)C2)CC1. The van der Waals surface area contributed by atoms with Crippen LogP contribution in [0.5, 0.6) is 0 Å². The van der Waals surface area contributed by atoms with Crippen LogP contribution in [0.2, 0.25) is 0 Å². The highest BCUT2D eigenvalue weighted by molar-refractivity contribution is 7.99. The molecule has 2 N–H and O–H groups in total. The van der Waals surface area contributed by atoms with Gasteiger partial charge >= 0.3 is 0 Å². The van der Waals surface area contributed by atoms with Gasteiger partial charge in [-0.1, -0.05) is 13.8 Å². The minimum atomic E-state index is 0.254. The molecule has 112 valence electrons. The predicted molar refractivity (Wildman–Crippen MR) is 85.8 cm³/mol. The molecule has 0 amide bonds. The van der Waals surface area contributed by atoms with Crippen LogP contribution in [0.1, 0.15) is 33.1 Å². The van der Waals surface area contributed by atoms with Gasteiger partial charge in [-0.05, 0) is 44.5 Å². The minimum Gasteiger partial charge on any atom is -0.329 e. The zero-order chi connectivity index (χ0) is 14.1. The Labute approximate surface area is 123 Å². The van der Waals surface area contributed by atoms with Crippen molar-refractivity contribution in [3.63, 3.8) is 0 Å². The molecule has 0 aliphatic carbocycles. The second kappa shape index (κ2) is 5.92. The Balaban J connectivity index is 2.02. The third kappa shape index (κ3) is 3.46. The van der Waals surface area contributed by atoms with Crippen LogP contribution >= 0.6 is 11.8 Å². The quantitative estimate of drug-likeness (QED) is 0.858. The van der Waals surface area contributed by atoms with E-state index in [4.69, 9.17) is 5.73 Å². The highest BCUT2D eigenvalue weighted by atomic mass is 32.2. The van der Waals surface area contributed by atoms with E-state index in [2.05, 4.69) is 49.5 Å². The van der Waals surface area contributed by atoms with Crippen molar-refractivity contribution in [3.05, 3.63) is 0 Å². The fourth-order valence-electron chi connectivity index (χ4n) is 3.83. The smallest absolute Gasteiger partial charge is 0.0427 e. The molecule has 0 aromatic carbocycles. The van der Waals surface area contributed by atoms with E-state index in [-0.39, 0.29) is 5.54 Å².